The predicted octanol–water partition coefficient (Wildman–Crippen LogP) is 4.84. The molecule has 0 aliphatic heterocycles. The summed E-state index contributed by atoms with van der Waals surface area (Å²) in [6, 6.07) is 6.26. The number of nitrogens with zero attached hydrogens (tertiary/aromatic N) is 1. The van der Waals surface area contributed by atoms with E-state index in [9.17, 15) is 22.0 Å². The molecule has 38 heavy (non-hydrogen) atoms. The average molecular weight is 555 g/mol. The summed E-state index contributed by atoms with van der Waals surface area (Å²) in [6.45, 7) is 2.54. The summed E-state index contributed by atoms with van der Waals surface area (Å²) in [7, 11) is -2.58. The summed E-state index contributed by atoms with van der Waals surface area (Å²) in [5.41, 5.74) is -0.975. The largest absolute Gasteiger partial charge is 0.490 e. The van der Waals surface area contributed by atoms with Gasteiger partial charge in [-0.25, -0.2) is 31.4 Å². The van der Waals surface area contributed by atoms with Crippen LogP contribution in [0.1, 0.15) is 20.3 Å². The molecule has 0 aliphatic rings. The second-order valence-corrected chi connectivity index (χ2v) is 10.3. The molecule has 1 unspecified atom stereocenters. The summed E-state index contributed by atoms with van der Waals surface area (Å²) < 4.78 is 79.9. The minimum atomic E-state index is -3.84. The number of ether oxygens (including phenoxy) is 2. The number of halogens is 3. The third-order valence-corrected chi connectivity index (χ3v) is 6.87. The van der Waals surface area contributed by atoms with E-state index in [1.54, 1.807) is 19.9 Å². The number of benzene rings is 2. The monoisotopic (exact) mass is 554 g/mol. The molecule has 3 N–H and O–H groups in total. The van der Waals surface area contributed by atoms with E-state index in [0.717, 1.165) is 12.1 Å². The first-order chi connectivity index (χ1) is 18.1. The number of aromatic nitrogens is 1. The molecule has 0 saturated carbocycles. The van der Waals surface area contributed by atoms with Crippen LogP contribution in [0, 0.1) is 11.6 Å². The summed E-state index contributed by atoms with van der Waals surface area (Å²) in [5, 5.41) is 6.75. The Bertz CT molecular complexity index is 1410. The highest BCUT2D eigenvalue weighted by atomic mass is 32.2. The number of methoxy groups -OCH3 is 1. The van der Waals surface area contributed by atoms with Gasteiger partial charge in [0.25, 0.3) is 0 Å². The standard InChI is InChI=1S/C25H29F3N4O5S/c1-4-9-38(34,35)32-20-6-5-19(27)23(24(20)28)18-10-17-14-30-22(29-13-15(2)31-25(33)36-3)12-16(17)11-21(18)37-8-7-26/h5-6,10-12,14-15,32H,4,7-9,13H2,1-3H3,(H,29,30)(H,31,33). The zero-order chi connectivity index (χ0) is 27.9. The van der Waals surface area contributed by atoms with Crippen molar-refractivity contribution in [3.8, 4) is 16.9 Å². The van der Waals surface area contributed by atoms with Crippen LogP contribution in [-0.2, 0) is 14.8 Å². The van der Waals surface area contributed by atoms with E-state index in [1.807, 2.05) is 0 Å². The lowest BCUT2D eigenvalue weighted by Gasteiger charge is -2.17. The van der Waals surface area contributed by atoms with Crippen molar-refractivity contribution in [1.82, 2.24) is 10.3 Å². The van der Waals surface area contributed by atoms with Crippen molar-refractivity contribution in [3.05, 3.63) is 48.2 Å². The molecule has 1 heterocycles. The average Bonchev–Trinajstić information content (AvgIpc) is 2.87. The van der Waals surface area contributed by atoms with Gasteiger partial charge in [-0.15, -0.1) is 0 Å². The molecule has 0 saturated heterocycles. The number of anilines is 2. The minimum absolute atomic E-state index is 0.000564. The second kappa shape index (κ2) is 12.7. The molecule has 3 aromatic rings. The Kier molecular flexibility index (Phi) is 9.61. The molecule has 1 atom stereocenters. The number of fused-ring (bicyclic) bond motifs is 1. The Morgan fingerprint density at radius 3 is 2.61 bits per heavy atom. The molecule has 0 radical (unpaired) electrons. The Labute approximate surface area is 218 Å². The van der Waals surface area contributed by atoms with E-state index in [2.05, 4.69) is 25.1 Å². The summed E-state index contributed by atoms with van der Waals surface area (Å²) in [5.74, 6) is -1.87. The van der Waals surface area contributed by atoms with E-state index in [4.69, 9.17) is 4.74 Å². The Hall–Kier alpha value is -3.74. The molecular weight excluding hydrogens is 525 g/mol. The molecule has 9 nitrogen and oxygen atoms in total. The number of hydrogen-bond donors (Lipinski definition) is 3. The maximum Gasteiger partial charge on any atom is 0.407 e. The zero-order valence-corrected chi connectivity index (χ0v) is 21.9. The normalized spacial score (nSPS) is 12.2. The lowest BCUT2D eigenvalue weighted by atomic mass is 9.99. The highest BCUT2D eigenvalue weighted by molar-refractivity contribution is 7.92. The summed E-state index contributed by atoms with van der Waals surface area (Å²) in [4.78, 5) is 15.6. The maximum atomic E-state index is 15.5. The zero-order valence-electron chi connectivity index (χ0n) is 21.1. The number of carbonyl (C=O) groups excluding carboxylic acids is 1. The van der Waals surface area contributed by atoms with E-state index in [0.29, 0.717) is 29.6 Å². The van der Waals surface area contributed by atoms with E-state index in [-0.39, 0.29) is 29.7 Å². The van der Waals surface area contributed by atoms with Crippen molar-refractivity contribution in [2.24, 2.45) is 0 Å². The van der Waals surface area contributed by atoms with Crippen molar-refractivity contribution in [2.45, 2.75) is 26.3 Å². The first-order valence-corrected chi connectivity index (χ1v) is 13.4. The lowest BCUT2D eigenvalue weighted by Crippen LogP contribution is -2.37. The quantitative estimate of drug-likeness (QED) is 0.293. The number of carbonyl (C=O) groups is 1. The number of nitrogens with one attached hydrogen (secondary N) is 3. The molecule has 2 aromatic carbocycles. The number of sulfonamides is 1. The SMILES string of the molecule is CCCS(=O)(=O)Nc1ccc(F)c(-c2cc3cnc(NCC(C)NC(=O)OC)cc3cc2OCCF)c1F. The second-order valence-electron chi connectivity index (χ2n) is 8.43. The lowest BCUT2D eigenvalue weighted by molar-refractivity contribution is 0.168. The molecule has 206 valence electrons. The number of alkyl carbamates (subject to hydrolysis) is 1. The van der Waals surface area contributed by atoms with Crippen LogP contribution in [0.15, 0.2) is 36.5 Å². The van der Waals surface area contributed by atoms with Gasteiger partial charge in [0.2, 0.25) is 10.0 Å². The fraction of sp³-hybridized carbons (Fsp3) is 0.360. The van der Waals surface area contributed by atoms with Crippen LogP contribution in [0.4, 0.5) is 29.5 Å². The van der Waals surface area contributed by atoms with Crippen LogP contribution >= 0.6 is 0 Å². The van der Waals surface area contributed by atoms with Gasteiger partial charge in [-0.2, -0.15) is 0 Å². The number of amides is 1. The molecule has 1 aromatic heterocycles. The van der Waals surface area contributed by atoms with Gasteiger partial charge < -0.3 is 20.1 Å². The van der Waals surface area contributed by atoms with Crippen LogP contribution in [0.25, 0.3) is 21.9 Å². The Morgan fingerprint density at radius 2 is 1.92 bits per heavy atom. The third kappa shape index (κ3) is 7.18. The van der Waals surface area contributed by atoms with Gasteiger partial charge >= 0.3 is 6.09 Å². The van der Waals surface area contributed by atoms with Gasteiger partial charge in [0.05, 0.1) is 24.1 Å². The number of pyridine rings is 1. The van der Waals surface area contributed by atoms with Gasteiger partial charge in [-0.1, -0.05) is 6.92 Å². The van der Waals surface area contributed by atoms with E-state index < -0.39 is 45.7 Å². The van der Waals surface area contributed by atoms with Crippen molar-refractivity contribution in [2.75, 3.05) is 42.7 Å². The number of hydrogen-bond acceptors (Lipinski definition) is 7. The molecule has 0 aliphatic carbocycles. The van der Waals surface area contributed by atoms with E-state index in [1.165, 1.54) is 25.4 Å². The van der Waals surface area contributed by atoms with Crippen LogP contribution in [0.2, 0.25) is 0 Å². The van der Waals surface area contributed by atoms with Crippen molar-refractivity contribution in [3.63, 3.8) is 0 Å². The fourth-order valence-corrected chi connectivity index (χ4v) is 4.80. The van der Waals surface area contributed by atoms with Crippen molar-refractivity contribution >= 4 is 38.4 Å². The van der Waals surface area contributed by atoms with Gasteiger partial charge in [0, 0.05) is 29.7 Å². The van der Waals surface area contributed by atoms with Crippen LogP contribution < -0.4 is 20.1 Å². The Balaban J connectivity index is 2.01. The van der Waals surface area contributed by atoms with Crippen LogP contribution in [0.3, 0.4) is 0 Å². The Morgan fingerprint density at radius 1 is 1.16 bits per heavy atom. The van der Waals surface area contributed by atoms with Gasteiger partial charge in [-0.3, -0.25) is 4.72 Å². The minimum Gasteiger partial charge on any atom is -0.490 e. The number of rotatable bonds is 12. The fourth-order valence-electron chi connectivity index (χ4n) is 3.67. The predicted molar refractivity (Wildman–Crippen MR) is 140 cm³/mol. The first-order valence-electron chi connectivity index (χ1n) is 11.8. The van der Waals surface area contributed by atoms with Gasteiger partial charge in [0.1, 0.15) is 30.7 Å². The molecule has 0 fully saturated rings. The highest BCUT2D eigenvalue weighted by Crippen LogP contribution is 2.39. The van der Waals surface area contributed by atoms with Crippen molar-refractivity contribution in [1.29, 1.82) is 0 Å². The van der Waals surface area contributed by atoms with Gasteiger partial charge in [-0.05, 0) is 49.1 Å². The van der Waals surface area contributed by atoms with Gasteiger partial charge in [0.15, 0.2) is 5.82 Å². The first kappa shape index (κ1) is 28.8. The van der Waals surface area contributed by atoms with E-state index >= 15 is 4.39 Å². The summed E-state index contributed by atoms with van der Waals surface area (Å²) in [6.07, 6.45) is 1.21. The topological polar surface area (TPSA) is 119 Å². The molecule has 13 heteroatoms. The van der Waals surface area contributed by atoms with Crippen LogP contribution in [-0.4, -0.2) is 58.2 Å². The maximum absolute atomic E-state index is 15.5. The molecule has 0 spiro atoms. The highest BCUT2D eigenvalue weighted by Gasteiger charge is 2.22. The smallest absolute Gasteiger partial charge is 0.407 e. The number of alkyl halides is 1. The molecule has 0 bridgehead atoms. The van der Waals surface area contributed by atoms with Crippen molar-refractivity contribution < 1.29 is 35.9 Å². The third-order valence-electron chi connectivity index (χ3n) is 5.39. The molecule has 3 rings (SSSR count). The molecule has 1 amide bonds. The molecular formula is C25H29F3N4O5S. The van der Waals surface area contributed by atoms with Crippen LogP contribution in [0.5, 0.6) is 5.75 Å². The summed E-state index contributed by atoms with van der Waals surface area (Å²) >= 11 is 0.